The van der Waals surface area contributed by atoms with Crippen LogP contribution in [-0.2, 0) is 4.79 Å². The highest BCUT2D eigenvalue weighted by atomic mass is 19.1. The van der Waals surface area contributed by atoms with Gasteiger partial charge in [-0.1, -0.05) is 38.1 Å². The molecule has 0 saturated carbocycles. The minimum atomic E-state index is -0.543. The molecule has 0 atom stereocenters. The average molecular weight is 609 g/mol. The Morgan fingerprint density at radius 1 is 0.978 bits per heavy atom. The van der Waals surface area contributed by atoms with E-state index in [0.717, 1.165) is 22.4 Å². The minimum absolute atomic E-state index is 0.0627. The summed E-state index contributed by atoms with van der Waals surface area (Å²) in [5, 5.41) is 7.50. The van der Waals surface area contributed by atoms with Crippen molar-refractivity contribution in [3.63, 3.8) is 0 Å². The zero-order chi connectivity index (χ0) is 32.1. The van der Waals surface area contributed by atoms with Gasteiger partial charge < -0.3 is 19.5 Å². The maximum atomic E-state index is 13.9. The van der Waals surface area contributed by atoms with Crippen LogP contribution in [0.1, 0.15) is 36.5 Å². The maximum Gasteiger partial charge on any atom is 0.282 e. The molecule has 0 aliphatic carbocycles. The average Bonchev–Trinajstić information content (AvgIpc) is 3.04. The molecule has 0 aliphatic heterocycles. The zero-order valence-electron chi connectivity index (χ0n) is 25.6. The van der Waals surface area contributed by atoms with Gasteiger partial charge >= 0.3 is 0 Å². The molecule has 1 aromatic heterocycles. The Labute approximate surface area is 259 Å². The molecule has 5 aromatic rings. The normalized spacial score (nSPS) is 11.3. The number of nitrogens with one attached hydrogen (secondary N) is 1. The van der Waals surface area contributed by atoms with E-state index in [9.17, 15) is 14.0 Å². The number of aromatic nitrogens is 2. The lowest BCUT2D eigenvalue weighted by Crippen LogP contribution is -2.21. The van der Waals surface area contributed by atoms with Crippen molar-refractivity contribution in [3.8, 4) is 28.6 Å². The van der Waals surface area contributed by atoms with Gasteiger partial charge in [0, 0.05) is 5.56 Å². The van der Waals surface area contributed by atoms with Crippen LogP contribution < -0.4 is 25.1 Å². The maximum absolute atomic E-state index is 13.9. The molecule has 0 aliphatic rings. The van der Waals surface area contributed by atoms with Crippen molar-refractivity contribution >= 4 is 28.7 Å². The predicted molar refractivity (Wildman–Crippen MR) is 173 cm³/mol. The van der Waals surface area contributed by atoms with Gasteiger partial charge in [-0.15, -0.1) is 0 Å². The summed E-state index contributed by atoms with van der Waals surface area (Å²) in [6.07, 6.45) is 1.53. The van der Waals surface area contributed by atoms with Gasteiger partial charge in [0.1, 0.15) is 11.6 Å². The van der Waals surface area contributed by atoms with E-state index in [0.29, 0.717) is 33.8 Å². The fraction of sp³-hybridized carbons (Fsp3) is 0.200. The first-order valence-electron chi connectivity index (χ1n) is 14.3. The molecule has 0 bridgehead atoms. The summed E-state index contributed by atoms with van der Waals surface area (Å²) in [4.78, 5) is 31.0. The molecule has 5 rings (SSSR count). The number of halogens is 1. The van der Waals surface area contributed by atoms with Gasteiger partial charge in [-0.2, -0.15) is 9.78 Å². The van der Waals surface area contributed by atoms with Crippen molar-refractivity contribution in [1.82, 2.24) is 9.66 Å². The third kappa shape index (κ3) is 6.70. The van der Waals surface area contributed by atoms with Gasteiger partial charge in [-0.3, -0.25) is 9.59 Å². The van der Waals surface area contributed by atoms with Crippen LogP contribution in [-0.4, -0.2) is 42.6 Å². The number of benzene rings is 4. The monoisotopic (exact) mass is 608 g/mol. The number of nitrogens with zero attached hydrogens (tertiary/aromatic N) is 3. The molecule has 45 heavy (non-hydrogen) atoms. The summed E-state index contributed by atoms with van der Waals surface area (Å²) in [5.41, 5.74) is 3.54. The predicted octanol–water partition coefficient (Wildman–Crippen LogP) is 6.55. The lowest BCUT2D eigenvalue weighted by Gasteiger charge is -2.17. The van der Waals surface area contributed by atoms with E-state index in [-0.39, 0.29) is 23.8 Å². The van der Waals surface area contributed by atoms with E-state index in [1.807, 2.05) is 25.1 Å². The van der Waals surface area contributed by atoms with E-state index in [1.165, 1.54) is 36.2 Å². The lowest BCUT2D eigenvalue weighted by molar-refractivity contribution is -0.118. The Morgan fingerprint density at radius 3 is 2.44 bits per heavy atom. The molecule has 230 valence electrons. The first-order chi connectivity index (χ1) is 21.7. The lowest BCUT2D eigenvalue weighted by atomic mass is 9.96. The first kappa shape index (κ1) is 30.9. The van der Waals surface area contributed by atoms with E-state index < -0.39 is 11.7 Å². The van der Waals surface area contributed by atoms with Crippen LogP contribution in [0.4, 0.5) is 10.1 Å². The van der Waals surface area contributed by atoms with Crippen LogP contribution in [0.3, 0.4) is 0 Å². The van der Waals surface area contributed by atoms with Crippen LogP contribution in [0.2, 0.25) is 0 Å². The molecular weight excluding hydrogens is 575 g/mol. The zero-order valence-corrected chi connectivity index (χ0v) is 25.6. The van der Waals surface area contributed by atoms with Crippen molar-refractivity contribution < 1.29 is 23.4 Å². The Hall–Kier alpha value is -5.51. The molecular formula is C35H33FN4O5. The van der Waals surface area contributed by atoms with E-state index in [1.54, 1.807) is 49.6 Å². The molecule has 10 heteroatoms. The molecule has 0 spiro atoms. The number of carbonyl (C=O) groups excluding carboxylic acids is 1. The van der Waals surface area contributed by atoms with Crippen LogP contribution in [0.25, 0.3) is 22.3 Å². The summed E-state index contributed by atoms with van der Waals surface area (Å²) < 4.78 is 31.9. The van der Waals surface area contributed by atoms with E-state index in [4.69, 9.17) is 19.2 Å². The SMILES string of the molecule is COc1cc(C=Nn2c(-c3cc(C(C)C)c(OC)cc3C)nc3ccccc3c2=O)ccc1OCC(=O)Nc1ccccc1F. The number of hydrogen-bond acceptors (Lipinski definition) is 7. The third-order valence-corrected chi connectivity index (χ3v) is 7.21. The van der Waals surface area contributed by atoms with Gasteiger partial charge in [0.05, 0.1) is 37.0 Å². The number of amides is 1. The Bertz CT molecular complexity index is 1970. The Morgan fingerprint density at radius 2 is 1.71 bits per heavy atom. The Balaban J connectivity index is 1.48. The van der Waals surface area contributed by atoms with E-state index in [2.05, 4.69) is 24.3 Å². The number of fused-ring (bicyclic) bond motifs is 1. The van der Waals surface area contributed by atoms with Crippen molar-refractivity contribution in [2.45, 2.75) is 26.7 Å². The van der Waals surface area contributed by atoms with Crippen molar-refractivity contribution in [1.29, 1.82) is 0 Å². The standard InChI is InChI=1S/C35H33FN4O5/c1-21(2)25-18-26(22(3)16-31(25)43-4)34-39-28-12-8-6-10-24(28)35(42)40(34)37-19-23-14-15-30(32(17-23)44-5)45-20-33(41)38-29-13-9-7-11-27(29)36/h6-19,21H,20H2,1-5H3,(H,38,41). The highest BCUT2D eigenvalue weighted by Crippen LogP contribution is 2.34. The molecule has 1 heterocycles. The minimum Gasteiger partial charge on any atom is -0.496 e. The summed E-state index contributed by atoms with van der Waals surface area (Å²) >= 11 is 0. The van der Waals surface area contributed by atoms with Gasteiger partial charge in [-0.25, -0.2) is 9.37 Å². The number of anilines is 1. The molecule has 0 saturated heterocycles. The quantitative estimate of drug-likeness (QED) is 0.180. The molecule has 1 amide bonds. The second kappa shape index (κ2) is 13.4. The van der Waals surface area contributed by atoms with Crippen LogP contribution in [0.5, 0.6) is 17.2 Å². The van der Waals surface area contributed by atoms with Crippen LogP contribution in [0.15, 0.2) is 88.8 Å². The molecule has 1 N–H and O–H groups in total. The van der Waals surface area contributed by atoms with Gasteiger partial charge in [-0.05, 0) is 84.1 Å². The summed E-state index contributed by atoms with van der Waals surface area (Å²) in [5.74, 6) is 0.903. The fourth-order valence-corrected chi connectivity index (χ4v) is 4.87. The van der Waals surface area contributed by atoms with Gasteiger partial charge in [0.2, 0.25) is 0 Å². The number of hydrogen-bond donors (Lipinski definition) is 1. The van der Waals surface area contributed by atoms with Gasteiger partial charge in [0.25, 0.3) is 11.5 Å². The highest BCUT2D eigenvalue weighted by molar-refractivity contribution is 5.92. The van der Waals surface area contributed by atoms with E-state index >= 15 is 0 Å². The van der Waals surface area contributed by atoms with Crippen LogP contribution >= 0.6 is 0 Å². The molecule has 9 nitrogen and oxygen atoms in total. The van der Waals surface area contributed by atoms with Crippen molar-refractivity contribution in [2.24, 2.45) is 5.10 Å². The molecule has 0 radical (unpaired) electrons. The first-order valence-corrected chi connectivity index (χ1v) is 14.3. The fourth-order valence-electron chi connectivity index (χ4n) is 4.87. The third-order valence-electron chi connectivity index (χ3n) is 7.21. The topological polar surface area (TPSA) is 104 Å². The summed E-state index contributed by atoms with van der Waals surface area (Å²) in [6.45, 7) is 5.73. The second-order valence-electron chi connectivity index (χ2n) is 10.6. The van der Waals surface area contributed by atoms with Crippen molar-refractivity contribution in [3.05, 3.63) is 112 Å². The number of carbonyl (C=O) groups is 1. The second-order valence-corrected chi connectivity index (χ2v) is 10.6. The van der Waals surface area contributed by atoms with Crippen molar-refractivity contribution in [2.75, 3.05) is 26.1 Å². The molecule has 4 aromatic carbocycles. The number of rotatable bonds is 10. The smallest absolute Gasteiger partial charge is 0.282 e. The number of methoxy groups -OCH3 is 2. The summed E-state index contributed by atoms with van der Waals surface area (Å²) in [7, 11) is 3.11. The summed E-state index contributed by atoms with van der Waals surface area (Å²) in [6, 6.07) is 22.0. The Kier molecular flexibility index (Phi) is 9.22. The van der Waals surface area contributed by atoms with Crippen LogP contribution in [0, 0.1) is 12.7 Å². The highest BCUT2D eigenvalue weighted by Gasteiger charge is 2.18. The van der Waals surface area contributed by atoms with Gasteiger partial charge in [0.15, 0.2) is 23.9 Å². The number of ether oxygens (including phenoxy) is 3. The molecule has 0 unspecified atom stereocenters. The molecule has 0 fully saturated rings. The largest absolute Gasteiger partial charge is 0.496 e. The number of para-hydroxylation sites is 2. The number of aryl methyl sites for hydroxylation is 1.